The molecule has 0 spiro atoms. The Bertz CT molecular complexity index is 1870. The summed E-state index contributed by atoms with van der Waals surface area (Å²) in [5, 5.41) is 11.2. The number of amides is 2. The fourth-order valence-electron chi connectivity index (χ4n) is 6.71. The van der Waals surface area contributed by atoms with Crippen molar-refractivity contribution in [2.45, 2.75) is 38.2 Å². The minimum absolute atomic E-state index is 0. The van der Waals surface area contributed by atoms with E-state index in [2.05, 4.69) is 49.7 Å². The molecular formula is C37H40FN7O3. The first kappa shape index (κ1) is 32.9. The van der Waals surface area contributed by atoms with Crippen LogP contribution in [0.3, 0.4) is 0 Å². The maximum absolute atomic E-state index is 13.6. The summed E-state index contributed by atoms with van der Waals surface area (Å²) in [6.07, 6.45) is 5.77. The number of nitrogens with one attached hydrogen (secondary N) is 2. The normalized spacial score (nSPS) is 18.5. The minimum atomic E-state index is -1.07. The van der Waals surface area contributed by atoms with Crippen LogP contribution in [0.4, 0.5) is 10.1 Å². The number of aromatic nitrogens is 4. The van der Waals surface area contributed by atoms with Gasteiger partial charge in [0, 0.05) is 67.9 Å². The van der Waals surface area contributed by atoms with Crippen molar-refractivity contribution in [3.05, 3.63) is 96.6 Å². The number of aromatic amines is 1. The van der Waals surface area contributed by atoms with Gasteiger partial charge in [0.15, 0.2) is 11.4 Å². The number of carbonyl (C=O) groups excluding carboxylic acids is 2. The summed E-state index contributed by atoms with van der Waals surface area (Å²) in [6, 6.07) is 21.9. The monoisotopic (exact) mass is 649 g/mol. The summed E-state index contributed by atoms with van der Waals surface area (Å²) in [6.45, 7) is 2.55. The number of carbonyl (C=O) groups is 2. The number of piperidine rings is 1. The SMILES string of the molecule is C.CO[C@@]1(C(=O)Nc2ccc3[nH]nc(-c4ccc(F)cc4)c3c2)CCN(CC(=O)N2CCC(c3ccc(-c4ncccn4)cc3)CC2)C1. The van der Waals surface area contributed by atoms with E-state index in [9.17, 15) is 14.0 Å². The molecule has 2 saturated heterocycles. The van der Waals surface area contributed by atoms with E-state index in [0.717, 1.165) is 34.9 Å². The van der Waals surface area contributed by atoms with Crippen LogP contribution in [0.25, 0.3) is 33.5 Å². The van der Waals surface area contributed by atoms with Crippen LogP contribution in [-0.4, -0.2) is 87.2 Å². The highest BCUT2D eigenvalue weighted by Gasteiger charge is 2.45. The first-order chi connectivity index (χ1) is 22.9. The molecule has 2 N–H and O–H groups in total. The zero-order valence-electron chi connectivity index (χ0n) is 26.2. The molecule has 11 heteroatoms. The third-order valence-corrected chi connectivity index (χ3v) is 9.47. The minimum Gasteiger partial charge on any atom is -0.367 e. The third kappa shape index (κ3) is 6.69. The number of ether oxygens (including phenoxy) is 1. The van der Waals surface area contributed by atoms with E-state index in [1.165, 1.54) is 17.7 Å². The molecule has 0 unspecified atom stereocenters. The Morgan fingerprint density at radius 3 is 2.40 bits per heavy atom. The van der Waals surface area contributed by atoms with Crippen LogP contribution in [0.1, 0.15) is 38.2 Å². The predicted octanol–water partition coefficient (Wildman–Crippen LogP) is 5.90. The Morgan fingerprint density at radius 1 is 0.979 bits per heavy atom. The van der Waals surface area contributed by atoms with Gasteiger partial charge in [-0.2, -0.15) is 5.10 Å². The maximum Gasteiger partial charge on any atom is 0.258 e. The molecule has 48 heavy (non-hydrogen) atoms. The van der Waals surface area contributed by atoms with Gasteiger partial charge in [-0.05, 0) is 79.3 Å². The van der Waals surface area contributed by atoms with Crippen molar-refractivity contribution in [3.8, 4) is 22.6 Å². The van der Waals surface area contributed by atoms with Crippen molar-refractivity contribution < 1.29 is 18.7 Å². The van der Waals surface area contributed by atoms with Gasteiger partial charge in [0.25, 0.3) is 5.91 Å². The zero-order chi connectivity index (χ0) is 32.4. The van der Waals surface area contributed by atoms with Gasteiger partial charge in [-0.3, -0.25) is 19.6 Å². The average molecular weight is 650 g/mol. The molecule has 0 aliphatic carbocycles. The summed E-state index contributed by atoms with van der Waals surface area (Å²) in [5.41, 5.74) is 4.02. The smallest absolute Gasteiger partial charge is 0.258 e. The predicted molar refractivity (Wildman–Crippen MR) is 184 cm³/mol. The summed E-state index contributed by atoms with van der Waals surface area (Å²) >= 11 is 0. The first-order valence-corrected chi connectivity index (χ1v) is 15.9. The molecule has 2 fully saturated rings. The van der Waals surface area contributed by atoms with Crippen LogP contribution < -0.4 is 5.32 Å². The lowest BCUT2D eigenvalue weighted by Gasteiger charge is -2.33. The van der Waals surface area contributed by atoms with Gasteiger partial charge < -0.3 is 15.0 Å². The molecule has 2 aromatic heterocycles. The number of H-pyrrole nitrogens is 1. The van der Waals surface area contributed by atoms with Crippen molar-refractivity contribution in [1.29, 1.82) is 0 Å². The van der Waals surface area contributed by atoms with E-state index in [-0.39, 0.29) is 31.6 Å². The molecule has 0 radical (unpaired) electrons. The highest BCUT2D eigenvalue weighted by molar-refractivity contribution is 6.01. The van der Waals surface area contributed by atoms with E-state index in [1.807, 2.05) is 28.0 Å². The summed E-state index contributed by atoms with van der Waals surface area (Å²) < 4.78 is 19.3. The van der Waals surface area contributed by atoms with Gasteiger partial charge >= 0.3 is 0 Å². The molecule has 7 rings (SSSR count). The van der Waals surface area contributed by atoms with Crippen molar-refractivity contribution >= 4 is 28.4 Å². The van der Waals surface area contributed by atoms with Crippen LogP contribution in [-0.2, 0) is 14.3 Å². The fraction of sp³-hybridized carbons (Fsp3) is 0.324. The van der Waals surface area contributed by atoms with Crippen LogP contribution in [0.2, 0.25) is 0 Å². The third-order valence-electron chi connectivity index (χ3n) is 9.47. The van der Waals surface area contributed by atoms with Crippen molar-refractivity contribution in [3.63, 3.8) is 0 Å². The number of hydrogen-bond donors (Lipinski definition) is 2. The topological polar surface area (TPSA) is 116 Å². The van der Waals surface area contributed by atoms with Gasteiger partial charge in [0.2, 0.25) is 5.91 Å². The van der Waals surface area contributed by atoms with Gasteiger partial charge in [-0.15, -0.1) is 0 Å². The molecule has 4 heterocycles. The Labute approximate surface area is 279 Å². The van der Waals surface area contributed by atoms with Gasteiger partial charge in [0.1, 0.15) is 5.82 Å². The van der Waals surface area contributed by atoms with Gasteiger partial charge in [0.05, 0.1) is 17.8 Å². The number of halogens is 1. The second-order valence-electron chi connectivity index (χ2n) is 12.3. The summed E-state index contributed by atoms with van der Waals surface area (Å²) in [5.74, 6) is 0.609. The molecule has 5 aromatic rings. The van der Waals surface area contributed by atoms with Crippen LogP contribution in [0.5, 0.6) is 0 Å². The number of anilines is 1. The molecular weight excluding hydrogens is 609 g/mol. The van der Waals surface area contributed by atoms with E-state index in [4.69, 9.17) is 4.74 Å². The van der Waals surface area contributed by atoms with Crippen molar-refractivity contribution in [1.82, 2.24) is 30.0 Å². The largest absolute Gasteiger partial charge is 0.367 e. The second-order valence-corrected chi connectivity index (χ2v) is 12.3. The molecule has 1 atom stereocenters. The van der Waals surface area contributed by atoms with Crippen LogP contribution in [0.15, 0.2) is 85.2 Å². The summed E-state index contributed by atoms with van der Waals surface area (Å²) in [7, 11) is 1.54. The number of nitrogens with zero attached hydrogens (tertiary/aromatic N) is 5. The van der Waals surface area contributed by atoms with Crippen LogP contribution in [0, 0.1) is 5.82 Å². The number of hydrogen-bond acceptors (Lipinski definition) is 7. The highest BCUT2D eigenvalue weighted by atomic mass is 19.1. The number of rotatable bonds is 8. The Hall–Kier alpha value is -5.00. The Morgan fingerprint density at radius 2 is 1.69 bits per heavy atom. The molecule has 3 aromatic carbocycles. The molecule has 2 aliphatic rings. The van der Waals surface area contributed by atoms with Gasteiger partial charge in [-0.25, -0.2) is 14.4 Å². The lowest BCUT2D eigenvalue weighted by atomic mass is 9.89. The lowest BCUT2D eigenvalue weighted by Crippen LogP contribution is -2.48. The number of fused-ring (bicyclic) bond motifs is 1. The average Bonchev–Trinajstić information content (AvgIpc) is 3.74. The van der Waals surface area contributed by atoms with E-state index in [0.29, 0.717) is 55.7 Å². The molecule has 0 saturated carbocycles. The van der Waals surface area contributed by atoms with E-state index < -0.39 is 5.60 Å². The molecule has 2 aliphatic heterocycles. The standard InChI is InChI=1S/C36H36FN7O3.CH4/c1-47-36(35(46)40-29-11-12-31-30(21-29)33(42-41-31)26-7-9-28(37)10-8-26)15-20-43(23-36)22-32(45)44-18-13-25(14-19-44)24-3-5-27(6-4-24)34-38-16-2-17-39-34;/h2-12,16-17,21,25H,13-15,18-20,22-23H2,1H3,(H,40,46)(H,41,42);1H4/t36-;/m0./s1. The quantitative estimate of drug-likeness (QED) is 0.215. The first-order valence-electron chi connectivity index (χ1n) is 15.9. The van der Waals surface area contributed by atoms with E-state index in [1.54, 1.807) is 37.7 Å². The highest BCUT2D eigenvalue weighted by Crippen LogP contribution is 2.32. The fourth-order valence-corrected chi connectivity index (χ4v) is 6.71. The Balaban J connectivity index is 0.00000401. The van der Waals surface area contributed by atoms with Gasteiger partial charge in [-0.1, -0.05) is 31.7 Å². The summed E-state index contributed by atoms with van der Waals surface area (Å²) in [4.78, 5) is 39.5. The number of benzene rings is 3. The second kappa shape index (κ2) is 14.0. The lowest BCUT2D eigenvalue weighted by molar-refractivity contribution is -0.138. The zero-order valence-corrected chi connectivity index (χ0v) is 26.2. The van der Waals surface area contributed by atoms with Crippen LogP contribution >= 0.6 is 0 Å². The molecule has 248 valence electrons. The van der Waals surface area contributed by atoms with Crippen molar-refractivity contribution in [2.24, 2.45) is 0 Å². The van der Waals surface area contributed by atoms with E-state index >= 15 is 0 Å². The van der Waals surface area contributed by atoms with Crippen molar-refractivity contribution in [2.75, 3.05) is 45.2 Å². The number of methoxy groups -OCH3 is 1. The molecule has 10 nitrogen and oxygen atoms in total. The molecule has 0 bridgehead atoms. The molecule has 2 amide bonds. The Kier molecular flexibility index (Phi) is 9.61. The maximum atomic E-state index is 13.6. The number of likely N-dealkylation sites (tertiary alicyclic amines) is 2.